The van der Waals surface area contributed by atoms with Crippen LogP contribution in [0.3, 0.4) is 0 Å². The van der Waals surface area contributed by atoms with Gasteiger partial charge >= 0.3 is 19.8 Å². The summed E-state index contributed by atoms with van der Waals surface area (Å²) in [6, 6.07) is 0. The van der Waals surface area contributed by atoms with Crippen LogP contribution in [0.1, 0.15) is 168 Å². The van der Waals surface area contributed by atoms with Gasteiger partial charge < -0.3 is 64.7 Å². The highest BCUT2D eigenvalue weighted by molar-refractivity contribution is 7.47. The van der Waals surface area contributed by atoms with Crippen molar-refractivity contribution in [2.75, 3.05) is 19.8 Å². The van der Waals surface area contributed by atoms with Crippen molar-refractivity contribution >= 4 is 19.8 Å². The largest absolute Gasteiger partial charge is 0.472 e. The maximum absolute atomic E-state index is 13.4. The summed E-state index contributed by atoms with van der Waals surface area (Å²) in [6.07, 6.45) is 4.61. The normalized spacial score (nSPS) is 28.8. The molecular weight excluding hydrogens is 859 g/mol. The van der Waals surface area contributed by atoms with Gasteiger partial charge in [0.05, 0.1) is 13.2 Å². The molecule has 0 aromatic carbocycles. The predicted molar refractivity (Wildman–Crippen MR) is 235 cm³/mol. The Hall–Kier alpha value is -1.61. The summed E-state index contributed by atoms with van der Waals surface area (Å²) in [6.45, 7) is 2.18. The molecule has 1 heterocycles. The molecular formula is C45H83O18P. The van der Waals surface area contributed by atoms with Crippen LogP contribution >= 0.6 is 7.82 Å². The van der Waals surface area contributed by atoms with Gasteiger partial charge in [-0.15, -0.1) is 0 Å². The van der Waals surface area contributed by atoms with Gasteiger partial charge in [-0.3, -0.25) is 18.6 Å². The van der Waals surface area contributed by atoms with Crippen molar-refractivity contribution in [2.45, 2.75) is 241 Å². The second kappa shape index (κ2) is 33.8. The van der Waals surface area contributed by atoms with Gasteiger partial charge in [-0.25, -0.2) is 4.57 Å². The Morgan fingerprint density at radius 2 is 1.03 bits per heavy atom. The fourth-order valence-corrected chi connectivity index (χ4v) is 8.66. The number of aliphatic hydroxyl groups is 8. The van der Waals surface area contributed by atoms with Crippen LogP contribution in [0.4, 0.5) is 0 Å². The number of hydrogen-bond acceptors (Lipinski definition) is 17. The fraction of sp³-hybridized carbons (Fsp3) is 0.911. The van der Waals surface area contributed by atoms with E-state index in [4.69, 9.17) is 28.0 Å². The van der Waals surface area contributed by atoms with Gasteiger partial charge in [0.2, 0.25) is 0 Å². The number of hydrogen-bond donors (Lipinski definition) is 9. The molecule has 0 bridgehead atoms. The van der Waals surface area contributed by atoms with E-state index in [0.29, 0.717) is 12.8 Å². The lowest BCUT2D eigenvalue weighted by Gasteiger charge is -2.47. The number of phosphoric acid groups is 1. The molecule has 376 valence electrons. The van der Waals surface area contributed by atoms with Crippen LogP contribution in [0.5, 0.6) is 0 Å². The standard InChI is InChI=1S/C45H83O18P/c1-3-5-7-9-11-13-15-16-18-20-22-24-26-28-35(48)60-32(30-58-34(47)27-25-23-21-19-17-14-12-10-8-6-4-2)31-59-64(56,57)63-44-41(54)39(52)38(51)40(53)43(44)62-45-42(55)37(50)36(49)33(29-46)61-45/h16,18,32-33,36-46,49-55H,3-15,17,19-31H2,1-2H3,(H,56,57). The molecule has 19 heteroatoms. The maximum atomic E-state index is 13.4. The first-order valence-corrected chi connectivity index (χ1v) is 25.5. The van der Waals surface area contributed by atoms with Gasteiger partial charge in [-0.2, -0.15) is 0 Å². The van der Waals surface area contributed by atoms with Crippen molar-refractivity contribution in [1.29, 1.82) is 0 Å². The van der Waals surface area contributed by atoms with Gasteiger partial charge in [-0.05, 0) is 38.5 Å². The average Bonchev–Trinajstić information content (AvgIpc) is 3.27. The minimum absolute atomic E-state index is 0.0152. The average molecular weight is 943 g/mol. The summed E-state index contributed by atoms with van der Waals surface area (Å²) in [7, 11) is -5.37. The number of aliphatic hydroxyl groups excluding tert-OH is 8. The Morgan fingerprint density at radius 1 is 0.578 bits per heavy atom. The number of allylic oxidation sites excluding steroid dienone is 2. The molecule has 1 saturated heterocycles. The Labute approximate surface area is 380 Å². The Balaban J connectivity index is 1.99. The molecule has 0 amide bonds. The zero-order valence-corrected chi connectivity index (χ0v) is 39.2. The van der Waals surface area contributed by atoms with E-state index in [2.05, 4.69) is 26.0 Å². The van der Waals surface area contributed by atoms with Crippen LogP contribution in [0.2, 0.25) is 0 Å². The van der Waals surface area contributed by atoms with Crippen molar-refractivity contribution < 1.29 is 87.9 Å². The summed E-state index contributed by atoms with van der Waals surface area (Å²) in [5.74, 6) is -1.23. The minimum atomic E-state index is -5.37. The molecule has 13 unspecified atom stereocenters. The molecule has 1 aliphatic heterocycles. The highest BCUT2D eigenvalue weighted by Crippen LogP contribution is 2.48. The number of rotatable bonds is 36. The number of unbranched alkanes of at least 4 members (excludes halogenated alkanes) is 19. The highest BCUT2D eigenvalue weighted by Gasteiger charge is 2.55. The van der Waals surface area contributed by atoms with Crippen LogP contribution in [0.25, 0.3) is 0 Å². The summed E-state index contributed by atoms with van der Waals surface area (Å²) >= 11 is 0. The lowest BCUT2D eigenvalue weighted by molar-refractivity contribution is -0.338. The number of esters is 2. The van der Waals surface area contributed by atoms with Crippen LogP contribution in [0.15, 0.2) is 12.2 Å². The van der Waals surface area contributed by atoms with Gasteiger partial charge in [0.1, 0.15) is 67.6 Å². The van der Waals surface area contributed by atoms with Gasteiger partial charge in [0, 0.05) is 12.8 Å². The van der Waals surface area contributed by atoms with Crippen molar-refractivity contribution in [2.24, 2.45) is 0 Å². The van der Waals surface area contributed by atoms with E-state index in [9.17, 15) is 59.9 Å². The van der Waals surface area contributed by atoms with Crippen molar-refractivity contribution in [3.63, 3.8) is 0 Å². The molecule has 9 N–H and O–H groups in total. The summed E-state index contributed by atoms with van der Waals surface area (Å²) in [4.78, 5) is 36.4. The maximum Gasteiger partial charge on any atom is 0.472 e. The van der Waals surface area contributed by atoms with E-state index in [1.165, 1.54) is 77.0 Å². The third kappa shape index (κ3) is 22.9. The van der Waals surface area contributed by atoms with Gasteiger partial charge in [-0.1, -0.05) is 129 Å². The zero-order valence-electron chi connectivity index (χ0n) is 38.3. The molecule has 2 aliphatic rings. The molecule has 0 radical (unpaired) electrons. The topological polar surface area (TPSA) is 289 Å². The first kappa shape index (κ1) is 58.5. The van der Waals surface area contributed by atoms with E-state index in [1.54, 1.807) is 0 Å². The zero-order chi connectivity index (χ0) is 47.3. The Morgan fingerprint density at radius 3 is 1.56 bits per heavy atom. The smallest absolute Gasteiger partial charge is 0.462 e. The number of carbonyl (C=O) groups is 2. The van der Waals surface area contributed by atoms with E-state index in [1.807, 2.05) is 0 Å². The summed E-state index contributed by atoms with van der Waals surface area (Å²) in [5.41, 5.74) is 0. The molecule has 1 saturated carbocycles. The molecule has 64 heavy (non-hydrogen) atoms. The Bertz CT molecular complexity index is 1310. The quantitative estimate of drug-likeness (QED) is 0.0180. The SMILES string of the molecule is CCCCCCCCC=CCCCCCC(=O)OC(COC(=O)CCCCCCCCCCCCC)COP(=O)(O)OC1C(O)C(O)C(O)C(O)C1OC1OC(CO)C(O)C(O)C1O. The Kier molecular flexibility index (Phi) is 30.9. The minimum Gasteiger partial charge on any atom is -0.462 e. The molecule has 1 aliphatic carbocycles. The highest BCUT2D eigenvalue weighted by atomic mass is 31.2. The molecule has 0 aromatic rings. The van der Waals surface area contributed by atoms with Crippen LogP contribution in [0, 0.1) is 0 Å². The van der Waals surface area contributed by atoms with E-state index >= 15 is 0 Å². The lowest BCUT2D eigenvalue weighted by Crippen LogP contribution is -2.67. The molecule has 2 fully saturated rings. The van der Waals surface area contributed by atoms with Crippen molar-refractivity contribution in [3.8, 4) is 0 Å². The third-order valence-electron chi connectivity index (χ3n) is 11.7. The monoisotopic (exact) mass is 943 g/mol. The van der Waals surface area contributed by atoms with Crippen molar-refractivity contribution in [1.82, 2.24) is 0 Å². The lowest BCUT2D eigenvalue weighted by atomic mass is 9.84. The van der Waals surface area contributed by atoms with Crippen molar-refractivity contribution in [3.05, 3.63) is 12.2 Å². The summed E-state index contributed by atoms with van der Waals surface area (Å²) < 4.78 is 45.3. The van der Waals surface area contributed by atoms with Crippen LogP contribution in [-0.4, -0.2) is 151 Å². The van der Waals surface area contributed by atoms with E-state index < -0.39 is 113 Å². The van der Waals surface area contributed by atoms with Gasteiger partial charge in [0.15, 0.2) is 12.4 Å². The molecule has 0 aromatic heterocycles. The first-order valence-electron chi connectivity index (χ1n) is 24.0. The van der Waals surface area contributed by atoms with Crippen LogP contribution < -0.4 is 0 Å². The second-order valence-corrected chi connectivity index (χ2v) is 18.7. The number of ether oxygens (including phenoxy) is 4. The third-order valence-corrected chi connectivity index (χ3v) is 12.7. The molecule has 18 nitrogen and oxygen atoms in total. The first-order chi connectivity index (χ1) is 30.7. The molecule has 0 spiro atoms. The number of carbonyl (C=O) groups excluding carboxylic acids is 2. The van der Waals surface area contributed by atoms with Crippen LogP contribution in [-0.2, 0) is 42.1 Å². The predicted octanol–water partition coefficient (Wildman–Crippen LogP) is 4.54. The molecule has 2 rings (SSSR count). The van der Waals surface area contributed by atoms with E-state index in [0.717, 1.165) is 51.4 Å². The summed E-state index contributed by atoms with van der Waals surface area (Å²) in [5, 5.41) is 82.8. The van der Waals surface area contributed by atoms with E-state index in [-0.39, 0.29) is 12.8 Å². The molecule has 13 atom stereocenters. The fourth-order valence-electron chi connectivity index (χ4n) is 7.70. The van der Waals surface area contributed by atoms with Gasteiger partial charge in [0.25, 0.3) is 0 Å². The number of phosphoric ester groups is 1. The second-order valence-electron chi connectivity index (χ2n) is 17.3.